The van der Waals surface area contributed by atoms with Crippen molar-refractivity contribution in [2.45, 2.75) is 31.6 Å². The Morgan fingerprint density at radius 2 is 2.13 bits per heavy atom. The van der Waals surface area contributed by atoms with Crippen molar-refractivity contribution < 1.29 is 4.79 Å². The Morgan fingerprint density at radius 1 is 1.35 bits per heavy atom. The Bertz CT molecular complexity index is 1150. The van der Waals surface area contributed by atoms with E-state index in [1.807, 2.05) is 35.8 Å². The first-order valence-corrected chi connectivity index (χ1v) is 12.0. The lowest BCUT2D eigenvalue weighted by Crippen LogP contribution is -2.25. The van der Waals surface area contributed by atoms with Crippen LogP contribution >= 0.6 is 34.7 Å². The largest absolute Gasteiger partial charge is 0.316 e. The van der Waals surface area contributed by atoms with Gasteiger partial charge in [-0.3, -0.25) is 4.79 Å². The van der Waals surface area contributed by atoms with Crippen LogP contribution in [0.1, 0.15) is 22.9 Å². The van der Waals surface area contributed by atoms with Gasteiger partial charge in [0.15, 0.2) is 11.0 Å². The normalized spacial score (nSPS) is 13.6. The van der Waals surface area contributed by atoms with Gasteiger partial charge in [-0.25, -0.2) is 0 Å². The molecule has 0 radical (unpaired) electrons. The number of fused-ring (bicyclic) bond motifs is 1. The minimum atomic E-state index is -0.160. The van der Waals surface area contributed by atoms with Gasteiger partial charge in [0.2, 0.25) is 5.91 Å². The fourth-order valence-corrected chi connectivity index (χ4v) is 5.75. The number of nitrogens with zero attached hydrogens (tertiary/aromatic N) is 5. The summed E-state index contributed by atoms with van der Waals surface area (Å²) in [6.07, 6.45) is 0.836. The molecule has 1 aliphatic heterocycles. The van der Waals surface area contributed by atoms with Crippen LogP contribution in [0.4, 0.5) is 5.00 Å². The maximum Gasteiger partial charge on any atom is 0.235 e. The summed E-state index contributed by atoms with van der Waals surface area (Å²) < 4.78 is 1.97. The van der Waals surface area contributed by atoms with Crippen LogP contribution in [0.3, 0.4) is 0 Å². The summed E-state index contributed by atoms with van der Waals surface area (Å²) in [5, 5.41) is 23.1. The van der Waals surface area contributed by atoms with Crippen molar-refractivity contribution in [1.82, 2.24) is 19.7 Å². The van der Waals surface area contributed by atoms with Crippen molar-refractivity contribution in [3.63, 3.8) is 0 Å². The molecule has 31 heavy (non-hydrogen) atoms. The summed E-state index contributed by atoms with van der Waals surface area (Å²) in [7, 11) is 2.06. The van der Waals surface area contributed by atoms with Crippen molar-refractivity contribution in [2.24, 2.45) is 0 Å². The Balaban J connectivity index is 1.45. The van der Waals surface area contributed by atoms with Crippen LogP contribution in [0.2, 0.25) is 5.02 Å². The lowest BCUT2D eigenvalue weighted by Gasteiger charge is -2.21. The number of aromatic nitrogens is 3. The summed E-state index contributed by atoms with van der Waals surface area (Å²) >= 11 is 8.81. The molecule has 4 rings (SSSR count). The van der Waals surface area contributed by atoms with E-state index in [0.29, 0.717) is 27.3 Å². The van der Waals surface area contributed by atoms with Gasteiger partial charge in [0.25, 0.3) is 0 Å². The van der Waals surface area contributed by atoms with Crippen LogP contribution in [0.5, 0.6) is 0 Å². The van der Waals surface area contributed by atoms with Crippen LogP contribution in [-0.2, 0) is 24.3 Å². The van der Waals surface area contributed by atoms with Crippen LogP contribution in [-0.4, -0.2) is 44.9 Å². The predicted octanol–water partition coefficient (Wildman–Crippen LogP) is 4.27. The summed E-state index contributed by atoms with van der Waals surface area (Å²) in [6.45, 7) is 4.43. The number of carbonyl (C=O) groups excluding carboxylic acids is 1. The molecule has 0 fully saturated rings. The molecule has 0 bridgehead atoms. The molecule has 2 aromatic heterocycles. The molecule has 1 aliphatic rings. The smallest absolute Gasteiger partial charge is 0.235 e. The van der Waals surface area contributed by atoms with Gasteiger partial charge >= 0.3 is 0 Å². The molecule has 10 heteroatoms. The number of nitrogens with one attached hydrogen (secondary N) is 1. The van der Waals surface area contributed by atoms with Gasteiger partial charge in [-0.2, -0.15) is 5.26 Å². The molecule has 0 saturated carbocycles. The number of thioether (sulfide) groups is 1. The quantitative estimate of drug-likeness (QED) is 0.539. The highest BCUT2D eigenvalue weighted by atomic mass is 35.5. The molecule has 3 heterocycles. The van der Waals surface area contributed by atoms with Crippen molar-refractivity contribution in [3.8, 4) is 17.5 Å². The van der Waals surface area contributed by atoms with E-state index in [2.05, 4.69) is 33.5 Å². The molecule has 0 aliphatic carbocycles. The summed E-state index contributed by atoms with van der Waals surface area (Å²) in [5.41, 5.74) is 2.60. The average Bonchev–Trinajstić information content (AvgIpc) is 3.32. The average molecular weight is 473 g/mol. The molecule has 0 atom stereocenters. The van der Waals surface area contributed by atoms with Gasteiger partial charge < -0.3 is 14.8 Å². The number of anilines is 1. The number of nitriles is 1. The zero-order valence-corrected chi connectivity index (χ0v) is 19.6. The number of halogens is 1. The molecule has 1 N–H and O–H groups in total. The summed E-state index contributed by atoms with van der Waals surface area (Å²) in [6, 6.07) is 9.71. The molecule has 1 aromatic carbocycles. The number of hydrogen-bond donors (Lipinski definition) is 1. The highest BCUT2D eigenvalue weighted by molar-refractivity contribution is 7.99. The number of hydrogen-bond acceptors (Lipinski definition) is 7. The Morgan fingerprint density at radius 3 is 2.84 bits per heavy atom. The fraction of sp³-hybridized carbons (Fsp3) is 0.333. The topological polar surface area (TPSA) is 86.8 Å². The van der Waals surface area contributed by atoms with Gasteiger partial charge in [-0.1, -0.05) is 23.4 Å². The van der Waals surface area contributed by atoms with Crippen LogP contribution in [0, 0.1) is 11.3 Å². The van der Waals surface area contributed by atoms with E-state index in [9.17, 15) is 10.1 Å². The molecule has 0 saturated heterocycles. The molecular formula is C21H21ClN6OS2. The second-order valence-corrected chi connectivity index (χ2v) is 9.69. The van der Waals surface area contributed by atoms with Crippen molar-refractivity contribution in [1.29, 1.82) is 5.26 Å². The van der Waals surface area contributed by atoms with E-state index >= 15 is 0 Å². The Labute approximate surface area is 194 Å². The van der Waals surface area contributed by atoms with E-state index in [1.54, 1.807) is 0 Å². The van der Waals surface area contributed by atoms with E-state index in [0.717, 1.165) is 41.3 Å². The third kappa shape index (κ3) is 4.62. The maximum atomic E-state index is 12.6. The van der Waals surface area contributed by atoms with Gasteiger partial charge in [-0.05, 0) is 50.2 Å². The molecule has 0 unspecified atom stereocenters. The molecule has 1 amide bonds. The van der Waals surface area contributed by atoms with Crippen molar-refractivity contribution in [3.05, 3.63) is 45.3 Å². The van der Waals surface area contributed by atoms with E-state index in [-0.39, 0.29) is 11.7 Å². The lowest BCUT2D eigenvalue weighted by atomic mass is 10.0. The maximum absolute atomic E-state index is 12.6. The molecule has 3 aromatic rings. The van der Waals surface area contributed by atoms with E-state index < -0.39 is 0 Å². The fourth-order valence-electron chi connectivity index (χ4n) is 3.52. The number of thiophene rings is 1. The number of rotatable bonds is 6. The highest BCUT2D eigenvalue weighted by Crippen LogP contribution is 2.36. The molecule has 0 spiro atoms. The van der Waals surface area contributed by atoms with Crippen molar-refractivity contribution in [2.75, 3.05) is 24.7 Å². The summed E-state index contributed by atoms with van der Waals surface area (Å²) in [4.78, 5) is 16.0. The van der Waals surface area contributed by atoms with Gasteiger partial charge in [0.05, 0.1) is 11.3 Å². The van der Waals surface area contributed by atoms with Crippen LogP contribution in [0.15, 0.2) is 29.4 Å². The number of amides is 1. The third-order valence-electron chi connectivity index (χ3n) is 5.08. The van der Waals surface area contributed by atoms with Gasteiger partial charge in [-0.15, -0.1) is 21.5 Å². The second kappa shape index (κ2) is 9.40. The van der Waals surface area contributed by atoms with Gasteiger partial charge in [0.1, 0.15) is 11.1 Å². The zero-order chi connectivity index (χ0) is 22.0. The monoisotopic (exact) mass is 472 g/mol. The molecular weight excluding hydrogens is 452 g/mol. The number of likely N-dealkylation sites (N-methyl/N-ethyl adjacent to an activating group) is 1. The highest BCUT2D eigenvalue weighted by Gasteiger charge is 2.24. The first kappa shape index (κ1) is 21.8. The second-order valence-electron chi connectivity index (χ2n) is 7.20. The van der Waals surface area contributed by atoms with E-state index in [1.165, 1.54) is 23.1 Å². The van der Waals surface area contributed by atoms with Gasteiger partial charge in [0, 0.05) is 35.1 Å². The Kier molecular flexibility index (Phi) is 6.62. The van der Waals surface area contributed by atoms with Crippen LogP contribution < -0.4 is 5.32 Å². The first-order chi connectivity index (χ1) is 15.0. The summed E-state index contributed by atoms with van der Waals surface area (Å²) in [5.74, 6) is 0.766. The first-order valence-electron chi connectivity index (χ1n) is 9.85. The molecule has 160 valence electrons. The Hall–Kier alpha value is -2.38. The number of benzene rings is 1. The SMILES string of the molecule is CCn1c(SCC(=O)Nc2sc3c(c2C#N)CCN(C)C3)nnc1-c1ccc(Cl)cc1. The lowest BCUT2D eigenvalue weighted by molar-refractivity contribution is -0.113. The van der Waals surface area contributed by atoms with E-state index in [4.69, 9.17) is 11.6 Å². The third-order valence-corrected chi connectivity index (χ3v) is 7.43. The zero-order valence-electron chi connectivity index (χ0n) is 17.2. The standard InChI is InChI=1S/C21H21ClN6OS2/c1-3-28-19(13-4-6-14(22)7-5-13)25-26-21(28)30-12-18(29)24-20-16(10-23)15-8-9-27(2)11-17(15)31-20/h4-7H,3,8-9,11-12H2,1-2H3,(H,24,29). The number of carbonyl (C=O) groups is 1. The predicted molar refractivity (Wildman–Crippen MR) is 125 cm³/mol. The minimum Gasteiger partial charge on any atom is -0.316 e. The van der Waals surface area contributed by atoms with Crippen molar-refractivity contribution >= 4 is 45.6 Å². The molecule has 7 nitrogen and oxygen atoms in total. The minimum absolute atomic E-state index is 0.160. The van der Waals surface area contributed by atoms with Crippen LogP contribution in [0.25, 0.3) is 11.4 Å².